The molecular formula is C14H18N4O4. The lowest BCUT2D eigenvalue weighted by molar-refractivity contribution is -0.138. The van der Waals surface area contributed by atoms with Crippen LogP contribution in [0, 0.1) is 0 Å². The molecule has 0 fully saturated rings. The molecule has 1 unspecified atom stereocenters. The highest BCUT2D eigenvalue weighted by Crippen LogP contribution is 2.18. The van der Waals surface area contributed by atoms with E-state index in [0.29, 0.717) is 5.56 Å². The molecule has 118 valence electrons. The quantitative estimate of drug-likeness (QED) is 0.492. The van der Waals surface area contributed by atoms with Crippen LogP contribution in [-0.4, -0.2) is 22.8 Å². The monoisotopic (exact) mass is 306 g/mol. The number of benzene rings is 1. The smallest absolute Gasteiger partial charge is 0.407 e. The molecule has 1 aromatic rings. The van der Waals surface area contributed by atoms with E-state index in [1.165, 1.54) is 0 Å². The van der Waals surface area contributed by atoms with Gasteiger partial charge in [-0.05, 0) is 37.4 Å². The number of aliphatic carboxylic acids is 1. The van der Waals surface area contributed by atoms with Crippen molar-refractivity contribution >= 4 is 12.1 Å². The van der Waals surface area contributed by atoms with Gasteiger partial charge in [0.15, 0.2) is 6.04 Å². The van der Waals surface area contributed by atoms with Gasteiger partial charge in [0.1, 0.15) is 5.60 Å². The molecule has 1 rings (SSSR count). The number of carbonyl (C=O) groups is 2. The van der Waals surface area contributed by atoms with Gasteiger partial charge in [0, 0.05) is 11.5 Å². The van der Waals surface area contributed by atoms with Gasteiger partial charge in [-0.3, -0.25) is 4.79 Å². The second-order valence-electron chi connectivity index (χ2n) is 5.54. The third-order valence-corrected chi connectivity index (χ3v) is 2.53. The average Bonchev–Trinajstić information content (AvgIpc) is 2.41. The zero-order chi connectivity index (χ0) is 16.8. The largest absolute Gasteiger partial charge is 0.481 e. The molecule has 8 nitrogen and oxygen atoms in total. The van der Waals surface area contributed by atoms with E-state index in [9.17, 15) is 9.59 Å². The van der Waals surface area contributed by atoms with Gasteiger partial charge in [0.05, 0.1) is 0 Å². The van der Waals surface area contributed by atoms with E-state index in [4.69, 9.17) is 15.4 Å². The second kappa shape index (κ2) is 7.33. The second-order valence-corrected chi connectivity index (χ2v) is 5.54. The Kier molecular flexibility index (Phi) is 5.77. The molecule has 8 heteroatoms. The molecule has 0 spiro atoms. The molecule has 0 bridgehead atoms. The molecule has 0 saturated heterocycles. The molecule has 1 amide bonds. The highest BCUT2D eigenvalue weighted by Gasteiger charge is 2.18. The van der Waals surface area contributed by atoms with E-state index in [1.54, 1.807) is 45.0 Å². The number of nitrogens with zero attached hydrogens (tertiary/aromatic N) is 3. The van der Waals surface area contributed by atoms with Crippen LogP contribution in [0.4, 0.5) is 4.79 Å². The summed E-state index contributed by atoms with van der Waals surface area (Å²) in [6.07, 6.45) is -0.533. The summed E-state index contributed by atoms with van der Waals surface area (Å²) in [5.41, 5.74) is 8.93. The Morgan fingerprint density at radius 1 is 1.36 bits per heavy atom. The predicted octanol–water partition coefficient (Wildman–Crippen LogP) is 3.15. The molecule has 0 aliphatic heterocycles. The maximum atomic E-state index is 11.5. The molecule has 1 atom stereocenters. The Hall–Kier alpha value is -2.73. The maximum absolute atomic E-state index is 11.5. The van der Waals surface area contributed by atoms with Crippen LogP contribution >= 0.6 is 0 Å². The van der Waals surface area contributed by atoms with Crippen molar-refractivity contribution in [1.29, 1.82) is 0 Å². The first-order valence-corrected chi connectivity index (χ1v) is 6.55. The highest BCUT2D eigenvalue weighted by molar-refractivity contribution is 5.75. The van der Waals surface area contributed by atoms with Crippen LogP contribution in [0.5, 0.6) is 0 Å². The number of hydrogen-bond acceptors (Lipinski definition) is 4. The Morgan fingerprint density at radius 3 is 2.41 bits per heavy atom. The summed E-state index contributed by atoms with van der Waals surface area (Å²) < 4.78 is 5.10. The predicted molar refractivity (Wildman–Crippen MR) is 79.0 cm³/mol. The van der Waals surface area contributed by atoms with E-state index in [2.05, 4.69) is 15.3 Å². The van der Waals surface area contributed by atoms with E-state index < -0.39 is 23.7 Å². The van der Waals surface area contributed by atoms with Gasteiger partial charge in [-0.1, -0.05) is 29.4 Å². The summed E-state index contributed by atoms with van der Waals surface area (Å²) in [4.78, 5) is 25.0. The van der Waals surface area contributed by atoms with Crippen molar-refractivity contribution in [3.63, 3.8) is 0 Å². The SMILES string of the molecule is CC(C)(C)OC(=O)NCc1ccc(C(N=[N+]=[N-])C(=O)O)cc1. The van der Waals surface area contributed by atoms with E-state index in [0.717, 1.165) is 5.56 Å². The summed E-state index contributed by atoms with van der Waals surface area (Å²) in [7, 11) is 0. The van der Waals surface area contributed by atoms with Crippen molar-refractivity contribution in [2.75, 3.05) is 0 Å². The number of carboxylic acids is 1. The van der Waals surface area contributed by atoms with Crippen molar-refractivity contribution in [2.24, 2.45) is 5.11 Å². The summed E-state index contributed by atoms with van der Waals surface area (Å²) in [6.45, 7) is 5.55. The summed E-state index contributed by atoms with van der Waals surface area (Å²) in [5.74, 6) is -1.22. The van der Waals surface area contributed by atoms with Crippen LogP contribution in [-0.2, 0) is 16.1 Å². The van der Waals surface area contributed by atoms with Crippen molar-refractivity contribution in [3.05, 3.63) is 45.8 Å². The van der Waals surface area contributed by atoms with Gasteiger partial charge in [-0.25, -0.2) is 4.79 Å². The number of nitrogens with one attached hydrogen (secondary N) is 1. The van der Waals surface area contributed by atoms with Gasteiger partial charge < -0.3 is 15.2 Å². The van der Waals surface area contributed by atoms with E-state index >= 15 is 0 Å². The molecule has 2 N–H and O–H groups in total. The fourth-order valence-corrected chi connectivity index (χ4v) is 1.62. The van der Waals surface area contributed by atoms with Crippen LogP contribution in [0.25, 0.3) is 10.4 Å². The lowest BCUT2D eigenvalue weighted by Gasteiger charge is -2.19. The number of hydrogen-bond donors (Lipinski definition) is 2. The third kappa shape index (κ3) is 5.72. The molecular weight excluding hydrogens is 288 g/mol. The lowest BCUT2D eigenvalue weighted by Crippen LogP contribution is -2.32. The zero-order valence-electron chi connectivity index (χ0n) is 12.6. The summed E-state index contributed by atoms with van der Waals surface area (Å²) >= 11 is 0. The van der Waals surface area contributed by atoms with Crippen LogP contribution in [0.1, 0.15) is 37.9 Å². The zero-order valence-corrected chi connectivity index (χ0v) is 12.6. The van der Waals surface area contributed by atoms with E-state index in [1.807, 2.05) is 0 Å². The van der Waals surface area contributed by atoms with Crippen LogP contribution in [0.3, 0.4) is 0 Å². The first kappa shape index (κ1) is 17.3. The minimum absolute atomic E-state index is 0.244. The van der Waals surface area contributed by atoms with Gasteiger partial charge in [0.2, 0.25) is 0 Å². The van der Waals surface area contributed by atoms with Crippen molar-refractivity contribution < 1.29 is 19.4 Å². The molecule has 0 aromatic heterocycles. The van der Waals surface area contributed by atoms with E-state index in [-0.39, 0.29) is 6.54 Å². The first-order valence-electron chi connectivity index (χ1n) is 6.55. The minimum Gasteiger partial charge on any atom is -0.481 e. The Morgan fingerprint density at radius 2 is 1.95 bits per heavy atom. The fourth-order valence-electron chi connectivity index (χ4n) is 1.62. The highest BCUT2D eigenvalue weighted by atomic mass is 16.6. The number of carbonyl (C=O) groups excluding carboxylic acids is 1. The molecule has 0 saturated carbocycles. The number of carboxylic acid groups (broad SMARTS) is 1. The summed E-state index contributed by atoms with van der Waals surface area (Å²) in [6, 6.07) is 5.11. The third-order valence-electron chi connectivity index (χ3n) is 2.53. The minimum atomic E-state index is -1.27. The first-order chi connectivity index (χ1) is 10.2. The molecule has 0 aliphatic carbocycles. The number of alkyl carbamates (subject to hydrolysis) is 1. The molecule has 0 radical (unpaired) electrons. The van der Waals surface area contributed by atoms with Gasteiger partial charge in [-0.15, -0.1) is 0 Å². The Bertz CT molecular complexity index is 584. The maximum Gasteiger partial charge on any atom is 0.407 e. The number of azide groups is 1. The van der Waals surface area contributed by atoms with Crippen LogP contribution < -0.4 is 5.32 Å². The van der Waals surface area contributed by atoms with Crippen molar-refractivity contribution in [3.8, 4) is 0 Å². The summed E-state index contributed by atoms with van der Waals surface area (Å²) in [5, 5.41) is 14.8. The van der Waals surface area contributed by atoms with Crippen molar-refractivity contribution in [1.82, 2.24) is 5.32 Å². The Balaban J connectivity index is 2.67. The molecule has 0 aliphatic rings. The normalized spacial score (nSPS) is 12.0. The number of amides is 1. The average molecular weight is 306 g/mol. The van der Waals surface area contributed by atoms with Gasteiger partial charge in [0.25, 0.3) is 0 Å². The van der Waals surface area contributed by atoms with Gasteiger partial charge in [-0.2, -0.15) is 0 Å². The molecule has 22 heavy (non-hydrogen) atoms. The van der Waals surface area contributed by atoms with Crippen LogP contribution in [0.15, 0.2) is 29.4 Å². The fraction of sp³-hybridized carbons (Fsp3) is 0.429. The molecule has 1 aromatic carbocycles. The lowest BCUT2D eigenvalue weighted by atomic mass is 10.1. The standard InChI is InChI=1S/C14H18N4O4/c1-14(2,3)22-13(21)16-8-9-4-6-10(7-5-9)11(12(19)20)17-18-15/h4-7,11H,8H2,1-3H3,(H,16,21)(H,19,20). The number of rotatable bonds is 5. The number of ether oxygens (including phenoxy) is 1. The molecule has 0 heterocycles. The van der Waals surface area contributed by atoms with Crippen molar-refractivity contribution in [2.45, 2.75) is 39.0 Å². The topological polar surface area (TPSA) is 124 Å². The van der Waals surface area contributed by atoms with Crippen LogP contribution in [0.2, 0.25) is 0 Å². The Labute approximate surface area is 127 Å². The van der Waals surface area contributed by atoms with Gasteiger partial charge >= 0.3 is 12.1 Å².